The van der Waals surface area contributed by atoms with Gasteiger partial charge in [0.2, 0.25) is 0 Å². The fraction of sp³-hybridized carbons (Fsp3) is 0.0455. The van der Waals surface area contributed by atoms with Gasteiger partial charge in [0, 0.05) is 21.3 Å². The number of carbonyl (C=O) groups is 2. The van der Waals surface area contributed by atoms with Crippen LogP contribution in [-0.2, 0) is 4.79 Å². The predicted octanol–water partition coefficient (Wildman–Crippen LogP) is 4.77. The van der Waals surface area contributed by atoms with E-state index in [4.69, 9.17) is 27.9 Å². The molecule has 0 aliphatic rings. The minimum Gasteiger partial charge on any atom is -0.484 e. The molecule has 0 heterocycles. The molecule has 0 saturated carbocycles. The Balaban J connectivity index is 1.47. The third-order valence-corrected chi connectivity index (χ3v) is 4.30. The summed E-state index contributed by atoms with van der Waals surface area (Å²) in [6.45, 7) is -0.143. The van der Waals surface area contributed by atoms with E-state index in [0.29, 0.717) is 27.0 Å². The quantitative estimate of drug-likeness (QED) is 0.409. The Labute approximate surface area is 183 Å². The van der Waals surface area contributed by atoms with Gasteiger partial charge in [-0.1, -0.05) is 35.3 Å². The molecular weight excluding hydrogens is 425 g/mol. The van der Waals surface area contributed by atoms with E-state index in [2.05, 4.69) is 15.8 Å². The summed E-state index contributed by atoms with van der Waals surface area (Å²) in [5.41, 5.74) is 4.20. The second kappa shape index (κ2) is 10.4. The summed E-state index contributed by atoms with van der Waals surface area (Å²) >= 11 is 11.8. The van der Waals surface area contributed by atoms with Gasteiger partial charge in [0.15, 0.2) is 6.61 Å². The number of nitrogens with one attached hydrogen (secondary N) is 2. The van der Waals surface area contributed by atoms with E-state index >= 15 is 0 Å². The van der Waals surface area contributed by atoms with Crippen molar-refractivity contribution in [2.75, 3.05) is 11.9 Å². The molecule has 0 aliphatic heterocycles. The third kappa shape index (κ3) is 6.62. The second-order valence-corrected chi connectivity index (χ2v) is 7.00. The summed E-state index contributed by atoms with van der Waals surface area (Å²) in [5, 5.41) is 7.64. The van der Waals surface area contributed by atoms with E-state index in [1.165, 1.54) is 6.21 Å². The second-order valence-electron chi connectivity index (χ2n) is 6.13. The van der Waals surface area contributed by atoms with E-state index in [0.717, 1.165) is 5.56 Å². The summed E-state index contributed by atoms with van der Waals surface area (Å²) in [7, 11) is 0. The number of anilines is 1. The number of amides is 2. The average Bonchev–Trinajstić information content (AvgIpc) is 2.73. The zero-order valence-electron chi connectivity index (χ0n) is 15.6. The highest BCUT2D eigenvalue weighted by Crippen LogP contribution is 2.15. The Morgan fingerprint density at radius 3 is 2.33 bits per heavy atom. The zero-order valence-corrected chi connectivity index (χ0v) is 17.2. The molecule has 8 heteroatoms. The Morgan fingerprint density at radius 1 is 0.933 bits per heavy atom. The molecule has 0 aliphatic carbocycles. The van der Waals surface area contributed by atoms with Crippen LogP contribution in [0, 0.1) is 0 Å². The van der Waals surface area contributed by atoms with Crippen LogP contribution in [0.5, 0.6) is 5.75 Å². The number of nitrogens with zero attached hydrogens (tertiary/aromatic N) is 1. The molecule has 2 amide bonds. The average molecular weight is 442 g/mol. The molecule has 6 nitrogen and oxygen atoms in total. The summed E-state index contributed by atoms with van der Waals surface area (Å²) in [5.74, 6) is -0.137. The first-order chi connectivity index (χ1) is 14.5. The summed E-state index contributed by atoms with van der Waals surface area (Å²) in [6.07, 6.45) is 1.50. The molecule has 3 rings (SSSR count). The minimum absolute atomic E-state index is 0.143. The lowest BCUT2D eigenvalue weighted by molar-refractivity contribution is -0.118. The topological polar surface area (TPSA) is 79.8 Å². The molecule has 0 aromatic heterocycles. The van der Waals surface area contributed by atoms with Gasteiger partial charge in [-0.3, -0.25) is 9.59 Å². The molecule has 3 aromatic rings. The first kappa shape index (κ1) is 21.4. The number of hydrogen-bond donors (Lipinski definition) is 2. The monoisotopic (exact) mass is 441 g/mol. The number of ether oxygens (including phenoxy) is 1. The van der Waals surface area contributed by atoms with Gasteiger partial charge in [-0.15, -0.1) is 0 Å². The number of benzene rings is 3. The summed E-state index contributed by atoms with van der Waals surface area (Å²) in [6, 6.07) is 20.3. The van der Waals surface area contributed by atoms with Gasteiger partial charge in [0.1, 0.15) is 5.75 Å². The maximum Gasteiger partial charge on any atom is 0.271 e. The standard InChI is InChI=1S/C22H17Cl2N3O3/c23-17-4-1-3-16(11-17)22(29)27-25-13-15-7-9-20(10-8-15)30-14-21(28)26-19-6-2-5-18(24)12-19/h1-13H,14H2,(H,26,28)(H,27,29)/b25-13-. The van der Waals surface area contributed by atoms with Gasteiger partial charge in [-0.25, -0.2) is 5.43 Å². The zero-order chi connectivity index (χ0) is 21.3. The van der Waals surface area contributed by atoms with Crippen LogP contribution in [0.25, 0.3) is 0 Å². The van der Waals surface area contributed by atoms with E-state index in [-0.39, 0.29) is 18.4 Å². The lowest BCUT2D eigenvalue weighted by Gasteiger charge is -2.08. The lowest BCUT2D eigenvalue weighted by atomic mass is 10.2. The number of hydrogen-bond acceptors (Lipinski definition) is 4. The molecule has 0 fully saturated rings. The lowest BCUT2D eigenvalue weighted by Crippen LogP contribution is -2.20. The van der Waals surface area contributed by atoms with Crippen molar-refractivity contribution in [3.05, 3.63) is 94.0 Å². The fourth-order valence-electron chi connectivity index (χ4n) is 2.42. The first-order valence-electron chi connectivity index (χ1n) is 8.87. The molecule has 0 radical (unpaired) electrons. The van der Waals surface area contributed by atoms with Crippen molar-refractivity contribution in [3.8, 4) is 5.75 Å². The molecule has 0 spiro atoms. The Kier molecular flexibility index (Phi) is 7.43. The van der Waals surface area contributed by atoms with Gasteiger partial charge >= 0.3 is 0 Å². The molecule has 3 aromatic carbocycles. The van der Waals surface area contributed by atoms with Gasteiger partial charge in [-0.2, -0.15) is 5.10 Å². The molecule has 0 unspecified atom stereocenters. The highest BCUT2D eigenvalue weighted by Gasteiger charge is 2.05. The first-order valence-corrected chi connectivity index (χ1v) is 9.62. The van der Waals surface area contributed by atoms with Crippen LogP contribution in [0.4, 0.5) is 5.69 Å². The Hall–Kier alpha value is -3.35. The maximum atomic E-state index is 12.0. The molecule has 0 saturated heterocycles. The predicted molar refractivity (Wildman–Crippen MR) is 119 cm³/mol. The molecule has 0 atom stereocenters. The van der Waals surface area contributed by atoms with Crippen molar-refractivity contribution in [2.45, 2.75) is 0 Å². The van der Waals surface area contributed by atoms with Gasteiger partial charge < -0.3 is 10.1 Å². The SMILES string of the molecule is O=C(COc1ccc(/C=N\NC(=O)c2cccc(Cl)c2)cc1)Nc1cccc(Cl)c1. The van der Waals surface area contributed by atoms with Crippen molar-refractivity contribution < 1.29 is 14.3 Å². The molecule has 2 N–H and O–H groups in total. The van der Waals surface area contributed by atoms with Crippen LogP contribution in [0.1, 0.15) is 15.9 Å². The maximum absolute atomic E-state index is 12.0. The summed E-state index contributed by atoms with van der Waals surface area (Å²) < 4.78 is 5.47. The third-order valence-electron chi connectivity index (χ3n) is 3.82. The normalized spacial score (nSPS) is 10.6. The molecule has 152 valence electrons. The highest BCUT2D eigenvalue weighted by molar-refractivity contribution is 6.31. The van der Waals surface area contributed by atoms with Crippen molar-refractivity contribution >= 4 is 46.9 Å². The van der Waals surface area contributed by atoms with Gasteiger partial charge in [-0.05, 0) is 66.2 Å². The van der Waals surface area contributed by atoms with Crippen molar-refractivity contribution in [1.29, 1.82) is 0 Å². The van der Waals surface area contributed by atoms with Gasteiger partial charge in [0.25, 0.3) is 11.8 Å². The number of hydrazone groups is 1. The Morgan fingerprint density at radius 2 is 1.63 bits per heavy atom. The molecule has 30 heavy (non-hydrogen) atoms. The summed E-state index contributed by atoms with van der Waals surface area (Å²) in [4.78, 5) is 23.9. The van der Waals surface area contributed by atoms with Crippen LogP contribution in [0.2, 0.25) is 10.0 Å². The van der Waals surface area contributed by atoms with Crippen LogP contribution in [-0.4, -0.2) is 24.6 Å². The van der Waals surface area contributed by atoms with E-state index < -0.39 is 0 Å². The minimum atomic E-state index is -0.362. The fourth-order valence-corrected chi connectivity index (χ4v) is 2.80. The smallest absolute Gasteiger partial charge is 0.271 e. The van der Waals surface area contributed by atoms with E-state index in [1.54, 1.807) is 72.8 Å². The van der Waals surface area contributed by atoms with E-state index in [9.17, 15) is 9.59 Å². The number of rotatable bonds is 7. The molecular formula is C22H17Cl2N3O3. The number of halogens is 2. The van der Waals surface area contributed by atoms with Gasteiger partial charge in [0.05, 0.1) is 6.21 Å². The highest BCUT2D eigenvalue weighted by atomic mass is 35.5. The van der Waals surface area contributed by atoms with Crippen LogP contribution >= 0.6 is 23.2 Å². The Bertz CT molecular complexity index is 1070. The largest absolute Gasteiger partial charge is 0.484 e. The van der Waals surface area contributed by atoms with Crippen molar-refractivity contribution in [2.24, 2.45) is 5.10 Å². The van der Waals surface area contributed by atoms with Crippen molar-refractivity contribution in [1.82, 2.24) is 5.43 Å². The van der Waals surface area contributed by atoms with Crippen molar-refractivity contribution in [3.63, 3.8) is 0 Å². The number of carbonyl (C=O) groups excluding carboxylic acids is 2. The van der Waals surface area contributed by atoms with Crippen LogP contribution in [0.3, 0.4) is 0 Å². The van der Waals surface area contributed by atoms with E-state index in [1.807, 2.05) is 0 Å². The van der Waals surface area contributed by atoms with Crippen LogP contribution < -0.4 is 15.5 Å². The van der Waals surface area contributed by atoms with Crippen LogP contribution in [0.15, 0.2) is 77.9 Å². The molecule has 0 bridgehead atoms.